The van der Waals surface area contributed by atoms with Crippen LogP contribution in [0, 0.1) is 5.92 Å². The van der Waals surface area contributed by atoms with Crippen LogP contribution < -0.4 is 10.6 Å². The largest absolute Gasteiger partial charge is 0.380 e. The molecule has 148 valence electrons. The number of ether oxygens (including phenoxy) is 2. The van der Waals surface area contributed by atoms with E-state index in [1.54, 1.807) is 7.05 Å². The second-order valence-electron chi connectivity index (χ2n) is 8.12. The van der Waals surface area contributed by atoms with E-state index in [1.165, 1.54) is 0 Å². The molecule has 6 heteroatoms. The van der Waals surface area contributed by atoms with Crippen LogP contribution in [0.2, 0.25) is 0 Å². The maximum atomic E-state index is 5.85. The molecule has 1 aliphatic heterocycles. The topological polar surface area (TPSA) is 58.1 Å². The highest BCUT2D eigenvalue weighted by atomic mass is 16.5. The van der Waals surface area contributed by atoms with E-state index in [9.17, 15) is 0 Å². The Morgan fingerprint density at radius 3 is 2.40 bits per heavy atom. The van der Waals surface area contributed by atoms with E-state index in [0.717, 1.165) is 45.2 Å². The summed E-state index contributed by atoms with van der Waals surface area (Å²) in [6, 6.07) is 0. The molecule has 6 nitrogen and oxygen atoms in total. The number of nitrogens with zero attached hydrogens (tertiary/aromatic N) is 2. The van der Waals surface area contributed by atoms with Gasteiger partial charge in [-0.1, -0.05) is 13.8 Å². The molecule has 0 aromatic carbocycles. The van der Waals surface area contributed by atoms with Gasteiger partial charge in [0.05, 0.1) is 18.8 Å². The van der Waals surface area contributed by atoms with Gasteiger partial charge in [-0.3, -0.25) is 9.89 Å². The van der Waals surface area contributed by atoms with E-state index in [1.807, 2.05) is 0 Å². The summed E-state index contributed by atoms with van der Waals surface area (Å²) < 4.78 is 11.5. The molecule has 1 fully saturated rings. The molecule has 0 aromatic heterocycles. The van der Waals surface area contributed by atoms with Gasteiger partial charge in [0, 0.05) is 45.4 Å². The highest BCUT2D eigenvalue weighted by Crippen LogP contribution is 2.20. The Hall–Kier alpha value is -0.850. The van der Waals surface area contributed by atoms with Gasteiger partial charge in [-0.2, -0.15) is 0 Å². The van der Waals surface area contributed by atoms with Gasteiger partial charge in [0.25, 0.3) is 0 Å². The first-order valence-electron chi connectivity index (χ1n) is 9.67. The van der Waals surface area contributed by atoms with E-state index in [-0.39, 0.29) is 17.7 Å². The first-order chi connectivity index (χ1) is 11.7. The summed E-state index contributed by atoms with van der Waals surface area (Å²) in [5, 5.41) is 6.77. The normalized spacial score (nSPS) is 23.1. The number of hydrogen-bond acceptors (Lipinski definition) is 4. The van der Waals surface area contributed by atoms with Gasteiger partial charge in [0.1, 0.15) is 0 Å². The standard InChI is InChI=1S/C19H40N4O2/c1-15(2)8-10-24-11-9-21-18(20-7)22-14-19(5,6)23-12-16(3)25-17(4)13-23/h15-17H,8-14H2,1-7H3,(H2,20,21,22). The highest BCUT2D eigenvalue weighted by molar-refractivity contribution is 5.79. The zero-order chi connectivity index (χ0) is 18.9. The van der Waals surface area contributed by atoms with Crippen molar-refractivity contribution < 1.29 is 9.47 Å². The molecule has 0 radical (unpaired) electrons. The lowest BCUT2D eigenvalue weighted by Crippen LogP contribution is -2.59. The van der Waals surface area contributed by atoms with E-state index in [4.69, 9.17) is 9.47 Å². The van der Waals surface area contributed by atoms with Crippen LogP contribution in [-0.4, -0.2) is 75.0 Å². The monoisotopic (exact) mass is 356 g/mol. The summed E-state index contributed by atoms with van der Waals surface area (Å²) in [5.41, 5.74) is 0.0394. The van der Waals surface area contributed by atoms with Gasteiger partial charge in [-0.05, 0) is 40.0 Å². The van der Waals surface area contributed by atoms with Crippen molar-refractivity contribution in [3.8, 4) is 0 Å². The van der Waals surface area contributed by atoms with Crippen molar-refractivity contribution >= 4 is 5.96 Å². The number of rotatable bonds is 9. The lowest BCUT2D eigenvalue weighted by molar-refractivity contribution is -0.0946. The zero-order valence-corrected chi connectivity index (χ0v) is 17.4. The number of nitrogens with one attached hydrogen (secondary N) is 2. The number of aliphatic imine (C=N–C) groups is 1. The van der Waals surface area contributed by atoms with Crippen molar-refractivity contribution in [3.05, 3.63) is 0 Å². The molecule has 2 N–H and O–H groups in total. The van der Waals surface area contributed by atoms with Crippen LogP contribution in [0.5, 0.6) is 0 Å². The molecule has 1 heterocycles. The minimum atomic E-state index is 0.0394. The Morgan fingerprint density at radius 2 is 1.84 bits per heavy atom. The molecule has 0 bridgehead atoms. The lowest BCUT2D eigenvalue weighted by atomic mass is 10.00. The third kappa shape index (κ3) is 8.88. The molecule has 2 unspecified atom stereocenters. The third-order valence-corrected chi connectivity index (χ3v) is 4.57. The summed E-state index contributed by atoms with van der Waals surface area (Å²) >= 11 is 0. The smallest absolute Gasteiger partial charge is 0.191 e. The summed E-state index contributed by atoms with van der Waals surface area (Å²) in [6.45, 7) is 18.3. The Labute approximate surface area is 154 Å². The van der Waals surface area contributed by atoms with Crippen molar-refractivity contribution in [1.29, 1.82) is 0 Å². The molecule has 0 amide bonds. The molecule has 0 aliphatic carbocycles. The van der Waals surface area contributed by atoms with Crippen LogP contribution in [0.3, 0.4) is 0 Å². The predicted octanol–water partition coefficient (Wildman–Crippen LogP) is 2.10. The number of morpholine rings is 1. The Kier molecular flexibility index (Phi) is 9.75. The Morgan fingerprint density at radius 1 is 1.20 bits per heavy atom. The van der Waals surface area contributed by atoms with Gasteiger partial charge < -0.3 is 20.1 Å². The quantitative estimate of drug-likeness (QED) is 0.376. The lowest BCUT2D eigenvalue weighted by Gasteiger charge is -2.45. The van der Waals surface area contributed by atoms with Gasteiger partial charge >= 0.3 is 0 Å². The molecule has 25 heavy (non-hydrogen) atoms. The average molecular weight is 357 g/mol. The van der Waals surface area contributed by atoms with Crippen LogP contribution in [0.1, 0.15) is 48.0 Å². The molecule has 1 rings (SSSR count). The maximum absolute atomic E-state index is 5.85. The Balaban J connectivity index is 2.30. The van der Waals surface area contributed by atoms with E-state index < -0.39 is 0 Å². The summed E-state index contributed by atoms with van der Waals surface area (Å²) in [4.78, 5) is 6.81. The molecule has 2 atom stereocenters. The second kappa shape index (κ2) is 11.0. The molecule has 0 aromatic rings. The van der Waals surface area contributed by atoms with Crippen LogP contribution in [0.15, 0.2) is 4.99 Å². The molecular formula is C19H40N4O2. The Bertz CT molecular complexity index is 389. The van der Waals surface area contributed by atoms with Gasteiger partial charge in [-0.15, -0.1) is 0 Å². The van der Waals surface area contributed by atoms with Crippen LogP contribution in [0.4, 0.5) is 0 Å². The fraction of sp³-hybridized carbons (Fsp3) is 0.947. The minimum Gasteiger partial charge on any atom is -0.380 e. The van der Waals surface area contributed by atoms with Crippen molar-refractivity contribution in [2.24, 2.45) is 10.9 Å². The SMILES string of the molecule is CN=C(NCCOCCC(C)C)NCC(C)(C)N1CC(C)OC(C)C1. The van der Waals surface area contributed by atoms with E-state index in [2.05, 4.69) is 62.1 Å². The first kappa shape index (κ1) is 22.2. The van der Waals surface area contributed by atoms with Crippen molar-refractivity contribution in [3.63, 3.8) is 0 Å². The zero-order valence-electron chi connectivity index (χ0n) is 17.4. The molecule has 0 saturated carbocycles. The van der Waals surface area contributed by atoms with Crippen molar-refractivity contribution in [2.45, 2.75) is 65.7 Å². The molecule has 1 saturated heterocycles. The third-order valence-electron chi connectivity index (χ3n) is 4.57. The van der Waals surface area contributed by atoms with Crippen LogP contribution in [-0.2, 0) is 9.47 Å². The highest BCUT2D eigenvalue weighted by Gasteiger charge is 2.33. The first-order valence-corrected chi connectivity index (χ1v) is 9.67. The molecular weight excluding hydrogens is 316 g/mol. The van der Waals surface area contributed by atoms with Crippen LogP contribution in [0.25, 0.3) is 0 Å². The molecule has 0 spiro atoms. The fourth-order valence-electron chi connectivity index (χ4n) is 2.97. The van der Waals surface area contributed by atoms with Crippen molar-refractivity contribution in [2.75, 3.05) is 46.4 Å². The summed E-state index contributed by atoms with van der Waals surface area (Å²) in [5.74, 6) is 1.52. The van der Waals surface area contributed by atoms with Crippen LogP contribution >= 0.6 is 0 Å². The van der Waals surface area contributed by atoms with Gasteiger partial charge in [-0.25, -0.2) is 0 Å². The summed E-state index contributed by atoms with van der Waals surface area (Å²) in [6.07, 6.45) is 1.67. The van der Waals surface area contributed by atoms with Gasteiger partial charge in [0.2, 0.25) is 0 Å². The summed E-state index contributed by atoms with van der Waals surface area (Å²) in [7, 11) is 1.81. The van der Waals surface area contributed by atoms with Gasteiger partial charge in [0.15, 0.2) is 5.96 Å². The number of guanidine groups is 1. The predicted molar refractivity (Wildman–Crippen MR) is 105 cm³/mol. The minimum absolute atomic E-state index is 0.0394. The van der Waals surface area contributed by atoms with Crippen molar-refractivity contribution in [1.82, 2.24) is 15.5 Å². The van der Waals surface area contributed by atoms with E-state index in [0.29, 0.717) is 12.5 Å². The number of hydrogen-bond donors (Lipinski definition) is 2. The second-order valence-corrected chi connectivity index (χ2v) is 8.12. The average Bonchev–Trinajstić information content (AvgIpc) is 2.52. The molecule has 1 aliphatic rings. The fourth-order valence-corrected chi connectivity index (χ4v) is 2.97. The maximum Gasteiger partial charge on any atom is 0.191 e. The van der Waals surface area contributed by atoms with E-state index >= 15 is 0 Å².